The molecule has 0 aliphatic heterocycles. The second-order valence-corrected chi connectivity index (χ2v) is 7.95. The summed E-state index contributed by atoms with van der Waals surface area (Å²) in [5.41, 5.74) is 8.31. The van der Waals surface area contributed by atoms with Gasteiger partial charge in [-0.3, -0.25) is 4.57 Å². The Balaban J connectivity index is 1.81. The molecular weight excluding hydrogens is 438 g/mol. The number of nitrogens with one attached hydrogen (secondary N) is 1. The molecule has 0 spiro atoms. The van der Waals surface area contributed by atoms with Gasteiger partial charge in [-0.1, -0.05) is 13.8 Å². The second-order valence-electron chi connectivity index (χ2n) is 7.95. The van der Waals surface area contributed by atoms with E-state index in [9.17, 15) is 14.7 Å². The van der Waals surface area contributed by atoms with Crippen molar-refractivity contribution in [2.45, 2.75) is 26.2 Å². The number of likely N-dealkylation sites (N-methyl/N-ethyl adjacent to an activating group) is 1. The Morgan fingerprint density at radius 1 is 1.26 bits per heavy atom. The number of carbonyl (C=O) groups excluding carboxylic acids is 1. The van der Waals surface area contributed by atoms with Crippen molar-refractivity contribution in [1.29, 1.82) is 0 Å². The number of aromatic nitrogens is 5. The monoisotopic (exact) mass is 462 g/mol. The summed E-state index contributed by atoms with van der Waals surface area (Å²) >= 11 is 0. The second kappa shape index (κ2) is 9.32. The van der Waals surface area contributed by atoms with E-state index in [0.29, 0.717) is 39.4 Å². The molecule has 11 nitrogen and oxygen atoms in total. The first-order valence-corrected chi connectivity index (χ1v) is 10.6. The highest BCUT2D eigenvalue weighted by atomic mass is 16.5. The molecule has 1 aromatic carbocycles. The first-order valence-electron chi connectivity index (χ1n) is 10.6. The van der Waals surface area contributed by atoms with E-state index in [1.165, 1.54) is 12.5 Å². The van der Waals surface area contributed by atoms with Gasteiger partial charge in [0.05, 0.1) is 11.2 Å². The molecule has 175 valence electrons. The van der Waals surface area contributed by atoms with E-state index in [1.54, 1.807) is 24.3 Å². The molecule has 0 aliphatic carbocycles. The molecule has 0 atom stereocenters. The topological polar surface area (TPSA) is 150 Å². The number of hydrogen-bond acceptors (Lipinski definition) is 7. The molecule has 4 rings (SSSR count). The van der Waals surface area contributed by atoms with E-state index in [1.807, 2.05) is 20.9 Å². The molecular formula is C23H24N7O4. The van der Waals surface area contributed by atoms with Gasteiger partial charge in [-0.2, -0.15) is 9.78 Å². The van der Waals surface area contributed by atoms with Crippen LogP contribution in [0, 0.1) is 6.20 Å². The third-order valence-corrected chi connectivity index (χ3v) is 5.31. The van der Waals surface area contributed by atoms with E-state index < -0.39 is 12.1 Å². The van der Waals surface area contributed by atoms with E-state index in [4.69, 9.17) is 10.5 Å². The summed E-state index contributed by atoms with van der Waals surface area (Å²) in [6.45, 7) is 4.54. The van der Waals surface area contributed by atoms with Crippen molar-refractivity contribution >= 4 is 23.0 Å². The molecule has 0 saturated heterocycles. The van der Waals surface area contributed by atoms with Gasteiger partial charge in [0.15, 0.2) is 0 Å². The van der Waals surface area contributed by atoms with Crippen LogP contribution in [0.25, 0.3) is 22.0 Å². The van der Waals surface area contributed by atoms with Crippen LogP contribution >= 0.6 is 0 Å². The predicted molar refractivity (Wildman–Crippen MR) is 124 cm³/mol. The zero-order chi connectivity index (χ0) is 24.4. The Morgan fingerprint density at radius 2 is 2.06 bits per heavy atom. The fraction of sp³-hybridized carbons (Fsp3) is 0.261. The Bertz CT molecular complexity index is 1370. The summed E-state index contributed by atoms with van der Waals surface area (Å²) in [6, 6.07) is 6.06. The van der Waals surface area contributed by atoms with Crippen LogP contribution in [0.15, 0.2) is 36.8 Å². The Kier molecular flexibility index (Phi) is 6.28. The van der Waals surface area contributed by atoms with Gasteiger partial charge >= 0.3 is 12.1 Å². The molecule has 3 heterocycles. The minimum atomic E-state index is -1.15. The van der Waals surface area contributed by atoms with E-state index in [2.05, 4.69) is 26.6 Å². The van der Waals surface area contributed by atoms with Crippen molar-refractivity contribution in [1.82, 2.24) is 29.6 Å². The first kappa shape index (κ1) is 22.9. The molecule has 0 unspecified atom stereocenters. The van der Waals surface area contributed by atoms with Gasteiger partial charge in [0, 0.05) is 47.4 Å². The molecule has 3 aromatic heterocycles. The lowest BCUT2D eigenvalue weighted by Crippen LogP contribution is -2.23. The van der Waals surface area contributed by atoms with Gasteiger partial charge in [0.2, 0.25) is 5.88 Å². The number of amides is 1. The Labute approximate surface area is 195 Å². The minimum Gasteiger partial charge on any atom is -0.464 e. The lowest BCUT2D eigenvalue weighted by atomic mass is 9.99. The van der Waals surface area contributed by atoms with Crippen molar-refractivity contribution in [3.05, 3.63) is 54.4 Å². The van der Waals surface area contributed by atoms with E-state index in [-0.39, 0.29) is 5.92 Å². The fourth-order valence-electron chi connectivity index (χ4n) is 3.79. The summed E-state index contributed by atoms with van der Waals surface area (Å²) in [5.74, 6) is 0.708. The largest absolute Gasteiger partial charge is 0.464 e. The molecule has 1 amide bonds. The van der Waals surface area contributed by atoms with Gasteiger partial charge < -0.3 is 20.9 Å². The van der Waals surface area contributed by atoms with Crippen LogP contribution in [0.3, 0.4) is 0 Å². The third kappa shape index (κ3) is 4.33. The quantitative estimate of drug-likeness (QED) is 0.379. The van der Waals surface area contributed by atoms with E-state index >= 15 is 0 Å². The van der Waals surface area contributed by atoms with Crippen LogP contribution in [0.1, 0.15) is 31.2 Å². The number of benzene rings is 1. The van der Waals surface area contributed by atoms with Gasteiger partial charge in [0.25, 0.3) is 0 Å². The smallest absolute Gasteiger partial charge is 0.416 e. The zero-order valence-corrected chi connectivity index (χ0v) is 18.9. The number of rotatable bonds is 7. The van der Waals surface area contributed by atoms with Crippen molar-refractivity contribution in [3.63, 3.8) is 0 Å². The predicted octanol–water partition coefficient (Wildman–Crippen LogP) is 3.23. The highest BCUT2D eigenvalue weighted by Gasteiger charge is 2.23. The first-order chi connectivity index (χ1) is 16.3. The number of nitrogens with two attached hydrogens (primary N) is 1. The SMILES string of the molecule is CNCCc1cc(Oc2ccc3c(c2)c(-c2[c]nn(C(N)=O)c2C(C)C)cn3C(=O)O)ncn1. The highest BCUT2D eigenvalue weighted by Crippen LogP contribution is 2.37. The number of primary amides is 1. The zero-order valence-electron chi connectivity index (χ0n) is 18.9. The average molecular weight is 462 g/mol. The number of fused-ring (bicyclic) bond motifs is 1. The van der Waals surface area contributed by atoms with Crippen molar-refractivity contribution < 1.29 is 19.4 Å². The van der Waals surface area contributed by atoms with Gasteiger partial charge in [-0.25, -0.2) is 19.6 Å². The summed E-state index contributed by atoms with van der Waals surface area (Å²) in [7, 11) is 1.87. The maximum Gasteiger partial charge on any atom is 0.416 e. The summed E-state index contributed by atoms with van der Waals surface area (Å²) < 4.78 is 8.14. The van der Waals surface area contributed by atoms with Crippen molar-refractivity contribution in [2.24, 2.45) is 5.73 Å². The fourth-order valence-corrected chi connectivity index (χ4v) is 3.79. The van der Waals surface area contributed by atoms with Gasteiger partial charge in [-0.15, -0.1) is 0 Å². The molecule has 4 N–H and O–H groups in total. The molecule has 0 fully saturated rings. The van der Waals surface area contributed by atoms with Crippen LogP contribution in [-0.2, 0) is 6.42 Å². The molecule has 1 radical (unpaired) electrons. The summed E-state index contributed by atoms with van der Waals surface area (Å²) in [4.78, 5) is 32.2. The van der Waals surface area contributed by atoms with Crippen molar-refractivity contribution in [2.75, 3.05) is 13.6 Å². The normalized spacial score (nSPS) is 11.3. The highest BCUT2D eigenvalue weighted by molar-refractivity contribution is 6.01. The molecule has 0 aliphatic rings. The Hall–Kier alpha value is -4.25. The lowest BCUT2D eigenvalue weighted by Gasteiger charge is -2.10. The van der Waals surface area contributed by atoms with Gasteiger partial charge in [-0.05, 0) is 31.2 Å². The number of ether oxygens (including phenoxy) is 1. The number of hydrogen-bond donors (Lipinski definition) is 3. The van der Waals surface area contributed by atoms with Crippen LogP contribution in [0.4, 0.5) is 9.59 Å². The lowest BCUT2D eigenvalue weighted by molar-refractivity contribution is 0.197. The number of carboxylic acid groups (broad SMARTS) is 1. The summed E-state index contributed by atoms with van der Waals surface area (Å²) in [6.07, 6.45) is 5.31. The van der Waals surface area contributed by atoms with Crippen LogP contribution in [-0.4, -0.2) is 55.1 Å². The maximum atomic E-state index is 11.9. The molecule has 0 bridgehead atoms. The molecule has 11 heteroatoms. The molecule has 34 heavy (non-hydrogen) atoms. The van der Waals surface area contributed by atoms with Crippen LogP contribution < -0.4 is 15.8 Å². The minimum absolute atomic E-state index is 0.124. The molecule has 0 saturated carbocycles. The number of nitrogens with zero attached hydrogens (tertiary/aromatic N) is 5. The van der Waals surface area contributed by atoms with Crippen LogP contribution in [0.2, 0.25) is 0 Å². The molecule has 4 aromatic rings. The van der Waals surface area contributed by atoms with Gasteiger partial charge in [0.1, 0.15) is 18.3 Å². The third-order valence-electron chi connectivity index (χ3n) is 5.31. The summed E-state index contributed by atoms with van der Waals surface area (Å²) in [5, 5.41) is 17.4. The van der Waals surface area contributed by atoms with E-state index in [0.717, 1.165) is 27.9 Å². The standard InChI is InChI=1S/C23H24N7O4/c1-13(2)21-17(10-28-30(21)22(24)31)18-11-29(23(32)33)19-5-4-15(9-16(18)19)34-20-8-14(6-7-25-3)26-12-27-20/h4-5,8-9,11-13,25H,6-7H2,1-3H3,(H2,24,31)(H,32,33). The average Bonchev–Trinajstić information content (AvgIpc) is 3.40. The van der Waals surface area contributed by atoms with Crippen LogP contribution in [0.5, 0.6) is 11.6 Å². The Morgan fingerprint density at radius 3 is 2.74 bits per heavy atom. The van der Waals surface area contributed by atoms with Crippen molar-refractivity contribution in [3.8, 4) is 22.8 Å². The maximum absolute atomic E-state index is 11.9. The number of carbonyl (C=O) groups is 2.